The number of imidazole rings is 1. The summed E-state index contributed by atoms with van der Waals surface area (Å²) in [4.78, 5) is 33.6. The SMILES string of the molecule is O=c1n([C@H]2C[C@H](O)[C@@H](COP(=O)(O)O)O2)ccc2nccn12. The zero-order chi connectivity index (χ0) is 15.9. The molecule has 0 amide bonds. The first-order valence-electron chi connectivity index (χ1n) is 6.43. The van der Waals surface area contributed by atoms with Gasteiger partial charge in [-0.1, -0.05) is 0 Å². The number of aromatic nitrogens is 3. The maximum Gasteiger partial charge on any atom is 0.469 e. The van der Waals surface area contributed by atoms with E-state index in [9.17, 15) is 14.5 Å². The van der Waals surface area contributed by atoms with Gasteiger partial charge in [-0.05, 0) is 6.07 Å². The summed E-state index contributed by atoms with van der Waals surface area (Å²) in [5.74, 6) is 0. The van der Waals surface area contributed by atoms with E-state index in [4.69, 9.17) is 14.5 Å². The van der Waals surface area contributed by atoms with Crippen molar-refractivity contribution in [2.24, 2.45) is 0 Å². The number of nitrogens with zero attached hydrogens (tertiary/aromatic N) is 3. The van der Waals surface area contributed by atoms with Crippen molar-refractivity contribution in [1.29, 1.82) is 0 Å². The normalized spacial score (nSPS) is 25.9. The first-order valence-corrected chi connectivity index (χ1v) is 7.96. The van der Waals surface area contributed by atoms with Crippen LogP contribution in [0.1, 0.15) is 12.6 Å². The molecule has 3 rings (SSSR count). The molecule has 1 saturated heterocycles. The van der Waals surface area contributed by atoms with Crippen LogP contribution in [-0.2, 0) is 13.8 Å². The molecule has 0 bridgehead atoms. The predicted molar refractivity (Wildman–Crippen MR) is 72.0 cm³/mol. The van der Waals surface area contributed by atoms with Crippen LogP contribution in [0.4, 0.5) is 0 Å². The summed E-state index contributed by atoms with van der Waals surface area (Å²) in [5, 5.41) is 9.89. The van der Waals surface area contributed by atoms with Crippen molar-refractivity contribution >= 4 is 13.5 Å². The fourth-order valence-corrected chi connectivity index (χ4v) is 2.70. The van der Waals surface area contributed by atoms with E-state index in [0.717, 1.165) is 0 Å². The molecule has 22 heavy (non-hydrogen) atoms. The van der Waals surface area contributed by atoms with Gasteiger partial charge in [0.15, 0.2) is 0 Å². The van der Waals surface area contributed by atoms with Crippen LogP contribution in [0.5, 0.6) is 0 Å². The van der Waals surface area contributed by atoms with Crippen molar-refractivity contribution in [3.05, 3.63) is 35.1 Å². The molecule has 1 fully saturated rings. The van der Waals surface area contributed by atoms with E-state index in [2.05, 4.69) is 9.51 Å². The molecule has 11 heteroatoms. The summed E-state index contributed by atoms with van der Waals surface area (Å²) >= 11 is 0. The minimum Gasteiger partial charge on any atom is -0.390 e. The predicted octanol–water partition coefficient (Wildman–Crippen LogP) is -0.746. The van der Waals surface area contributed by atoms with E-state index < -0.39 is 32.9 Å². The molecule has 0 unspecified atom stereocenters. The highest BCUT2D eigenvalue weighted by Gasteiger charge is 2.37. The number of ether oxygens (including phenoxy) is 1. The van der Waals surface area contributed by atoms with Crippen molar-refractivity contribution in [2.75, 3.05) is 6.61 Å². The van der Waals surface area contributed by atoms with Crippen LogP contribution < -0.4 is 5.69 Å². The van der Waals surface area contributed by atoms with Gasteiger partial charge in [0.25, 0.3) is 0 Å². The second-order valence-electron chi connectivity index (χ2n) is 4.88. The van der Waals surface area contributed by atoms with Crippen LogP contribution in [-0.4, -0.2) is 47.7 Å². The molecule has 0 aliphatic carbocycles. The molecule has 0 saturated carbocycles. The average Bonchev–Trinajstić information content (AvgIpc) is 3.03. The molecule has 1 aliphatic rings. The van der Waals surface area contributed by atoms with Gasteiger partial charge in [-0.3, -0.25) is 13.5 Å². The van der Waals surface area contributed by atoms with E-state index >= 15 is 0 Å². The second kappa shape index (κ2) is 5.58. The molecule has 3 heterocycles. The van der Waals surface area contributed by atoms with Crippen molar-refractivity contribution in [2.45, 2.75) is 24.9 Å². The maximum atomic E-state index is 12.3. The summed E-state index contributed by atoms with van der Waals surface area (Å²) in [6, 6.07) is 1.62. The maximum absolute atomic E-state index is 12.3. The second-order valence-corrected chi connectivity index (χ2v) is 6.12. The Hall–Kier alpha value is -1.55. The number of fused-ring (bicyclic) bond motifs is 1. The summed E-state index contributed by atoms with van der Waals surface area (Å²) in [5.41, 5.74) is 0.102. The zero-order valence-electron chi connectivity index (χ0n) is 11.2. The minimum absolute atomic E-state index is 0.106. The fourth-order valence-electron chi connectivity index (χ4n) is 2.36. The number of hydrogen-bond donors (Lipinski definition) is 3. The van der Waals surface area contributed by atoms with Crippen LogP contribution >= 0.6 is 7.82 Å². The Morgan fingerprint density at radius 2 is 2.23 bits per heavy atom. The van der Waals surface area contributed by atoms with Gasteiger partial charge in [-0.25, -0.2) is 14.3 Å². The Kier molecular flexibility index (Phi) is 3.89. The largest absolute Gasteiger partial charge is 0.469 e. The van der Waals surface area contributed by atoms with Crippen LogP contribution in [0.2, 0.25) is 0 Å². The van der Waals surface area contributed by atoms with Gasteiger partial charge >= 0.3 is 13.5 Å². The number of rotatable bonds is 4. The van der Waals surface area contributed by atoms with Gasteiger partial charge in [0.2, 0.25) is 0 Å². The van der Waals surface area contributed by atoms with Gasteiger partial charge in [-0.2, -0.15) is 0 Å². The molecule has 10 nitrogen and oxygen atoms in total. The third-order valence-electron chi connectivity index (χ3n) is 3.40. The Morgan fingerprint density at radius 1 is 1.45 bits per heavy atom. The molecule has 0 radical (unpaired) electrons. The first-order chi connectivity index (χ1) is 10.3. The Morgan fingerprint density at radius 3 is 2.95 bits per heavy atom. The van der Waals surface area contributed by atoms with Crippen LogP contribution in [0.15, 0.2) is 29.5 Å². The van der Waals surface area contributed by atoms with E-state index in [1.54, 1.807) is 6.07 Å². The fraction of sp³-hybridized carbons (Fsp3) is 0.455. The highest BCUT2D eigenvalue weighted by Crippen LogP contribution is 2.38. The summed E-state index contributed by atoms with van der Waals surface area (Å²) in [7, 11) is -4.64. The minimum atomic E-state index is -4.64. The third-order valence-corrected chi connectivity index (χ3v) is 3.89. The number of aliphatic hydroxyl groups excluding tert-OH is 1. The van der Waals surface area contributed by atoms with Gasteiger partial charge in [0, 0.05) is 25.0 Å². The lowest BCUT2D eigenvalue weighted by molar-refractivity contribution is -0.0451. The molecule has 1 aliphatic heterocycles. The smallest absolute Gasteiger partial charge is 0.390 e. The highest BCUT2D eigenvalue weighted by molar-refractivity contribution is 7.46. The van der Waals surface area contributed by atoms with Crippen LogP contribution in [0.25, 0.3) is 5.65 Å². The van der Waals surface area contributed by atoms with E-state index in [-0.39, 0.29) is 12.1 Å². The summed E-state index contributed by atoms with van der Waals surface area (Å²) in [6.45, 7) is -0.468. The van der Waals surface area contributed by atoms with Crippen LogP contribution in [0.3, 0.4) is 0 Å². The quantitative estimate of drug-likeness (QED) is 0.623. The number of phosphoric acid groups is 1. The number of aliphatic hydroxyl groups is 1. The molecular weight excluding hydrogens is 317 g/mol. The Bertz CT molecular complexity index is 781. The lowest BCUT2D eigenvalue weighted by atomic mass is 10.2. The van der Waals surface area contributed by atoms with Gasteiger partial charge in [0.1, 0.15) is 18.0 Å². The summed E-state index contributed by atoms with van der Waals surface area (Å²) < 4.78 is 23.1. The third kappa shape index (κ3) is 2.98. The molecule has 3 atom stereocenters. The molecule has 0 aromatic carbocycles. The Balaban J connectivity index is 1.79. The lowest BCUT2D eigenvalue weighted by Gasteiger charge is -2.16. The lowest BCUT2D eigenvalue weighted by Crippen LogP contribution is -2.29. The van der Waals surface area contributed by atoms with Crippen molar-refractivity contribution in [3.63, 3.8) is 0 Å². The topological polar surface area (TPSA) is 136 Å². The van der Waals surface area contributed by atoms with E-state index in [1.807, 2.05) is 0 Å². The first kappa shape index (κ1) is 15.3. The molecule has 0 spiro atoms. The zero-order valence-corrected chi connectivity index (χ0v) is 12.1. The molecular formula is C11H14N3O7P. The van der Waals surface area contributed by atoms with Crippen molar-refractivity contribution < 1.29 is 28.7 Å². The van der Waals surface area contributed by atoms with Crippen molar-refractivity contribution in [1.82, 2.24) is 14.0 Å². The molecule has 120 valence electrons. The summed E-state index contributed by atoms with van der Waals surface area (Å²) in [6.07, 6.45) is 1.92. The van der Waals surface area contributed by atoms with E-state index in [1.165, 1.54) is 27.6 Å². The molecule has 3 N–H and O–H groups in total. The molecule has 2 aromatic heterocycles. The average molecular weight is 331 g/mol. The van der Waals surface area contributed by atoms with Gasteiger partial charge in [-0.15, -0.1) is 0 Å². The van der Waals surface area contributed by atoms with Crippen LogP contribution in [0, 0.1) is 0 Å². The van der Waals surface area contributed by atoms with Gasteiger partial charge < -0.3 is 19.6 Å². The molecule has 2 aromatic rings. The number of phosphoric ester groups is 1. The highest BCUT2D eigenvalue weighted by atomic mass is 31.2. The monoisotopic (exact) mass is 331 g/mol. The van der Waals surface area contributed by atoms with E-state index in [0.29, 0.717) is 5.65 Å². The standard InChI is InChI=1S/C11H14N3O7P/c15-7-5-10(21-8(7)6-20-22(17,18)19)14-3-1-9-12-2-4-13(9)11(14)16/h1-4,7-8,10,15H,5-6H2,(H2,17,18,19)/t7-,8+,10+/m0/s1. The van der Waals surface area contributed by atoms with Gasteiger partial charge in [0.05, 0.1) is 12.7 Å². The number of hydrogen-bond acceptors (Lipinski definition) is 6. The Labute approximate surface area is 123 Å². The van der Waals surface area contributed by atoms with Crippen molar-refractivity contribution in [3.8, 4) is 0 Å².